The molecule has 1 amide bonds. The van der Waals surface area contributed by atoms with Crippen LogP contribution in [0.2, 0.25) is 0 Å². The number of carbonyl (C=O) groups excluding carboxylic acids is 2. The Bertz CT molecular complexity index is 435. The number of unbranched alkanes of at least 4 members (excludes halogenated alkanes) is 1. The van der Waals surface area contributed by atoms with Crippen LogP contribution in [0.4, 0.5) is 4.79 Å². The van der Waals surface area contributed by atoms with Crippen molar-refractivity contribution in [1.29, 1.82) is 0 Å². The molecule has 7 nitrogen and oxygen atoms in total. The third-order valence-electron chi connectivity index (χ3n) is 4.37. The topological polar surface area (TPSA) is 111 Å². The first-order valence-corrected chi connectivity index (χ1v) is 8.61. The number of rotatable bonds is 6. The highest BCUT2D eigenvalue weighted by atomic mass is 16.6. The van der Waals surface area contributed by atoms with Gasteiger partial charge >= 0.3 is 12.1 Å². The molecule has 0 heterocycles. The van der Waals surface area contributed by atoms with Gasteiger partial charge in [0.25, 0.3) is 0 Å². The van der Waals surface area contributed by atoms with Crippen LogP contribution in [0.5, 0.6) is 0 Å². The Morgan fingerprint density at radius 2 is 2.00 bits per heavy atom. The van der Waals surface area contributed by atoms with Gasteiger partial charge in [-0.3, -0.25) is 4.79 Å². The van der Waals surface area contributed by atoms with Crippen LogP contribution in [-0.2, 0) is 14.3 Å². The zero-order chi connectivity index (χ0) is 18.5. The molecule has 0 radical (unpaired) electrons. The van der Waals surface area contributed by atoms with Gasteiger partial charge in [-0.1, -0.05) is 19.8 Å². The standard InChI is InChI=1S/C17H32N2O5/c1-6-7-8-11(18)13-12(19-16(22)24-17(2,3)4)9-10(14(13)20)15(21)23-5/h10-14,20H,6-9,18H2,1-5H3,(H,19,22). The minimum Gasteiger partial charge on any atom is -0.469 e. The van der Waals surface area contributed by atoms with Crippen molar-refractivity contribution in [3.05, 3.63) is 0 Å². The molecule has 0 spiro atoms. The molecule has 0 aliphatic heterocycles. The number of aliphatic hydroxyl groups is 1. The van der Waals surface area contributed by atoms with Crippen LogP contribution < -0.4 is 11.1 Å². The molecule has 0 aromatic carbocycles. The van der Waals surface area contributed by atoms with Gasteiger partial charge in [-0.25, -0.2) is 4.79 Å². The lowest BCUT2D eigenvalue weighted by atomic mass is 9.88. The summed E-state index contributed by atoms with van der Waals surface area (Å²) in [5.41, 5.74) is 5.63. The van der Waals surface area contributed by atoms with E-state index >= 15 is 0 Å². The van der Waals surface area contributed by atoms with E-state index in [-0.39, 0.29) is 12.5 Å². The molecule has 1 fully saturated rings. The fourth-order valence-corrected chi connectivity index (χ4v) is 3.26. The second kappa shape index (κ2) is 8.67. The molecule has 24 heavy (non-hydrogen) atoms. The molecule has 0 aromatic heterocycles. The van der Waals surface area contributed by atoms with Gasteiger partial charge in [-0.05, 0) is 33.6 Å². The largest absolute Gasteiger partial charge is 0.469 e. The van der Waals surface area contributed by atoms with E-state index in [0.717, 1.165) is 19.3 Å². The Kier molecular flexibility index (Phi) is 7.48. The number of carbonyl (C=O) groups is 2. The van der Waals surface area contributed by atoms with Crippen molar-refractivity contribution in [2.45, 2.75) is 77.2 Å². The molecule has 5 atom stereocenters. The van der Waals surface area contributed by atoms with Gasteiger partial charge in [0.2, 0.25) is 0 Å². The van der Waals surface area contributed by atoms with E-state index in [0.29, 0.717) is 0 Å². The van der Waals surface area contributed by atoms with Crippen LogP contribution in [0.15, 0.2) is 0 Å². The van der Waals surface area contributed by atoms with Gasteiger partial charge in [-0.2, -0.15) is 0 Å². The van der Waals surface area contributed by atoms with E-state index in [4.69, 9.17) is 15.2 Å². The molecule has 1 saturated carbocycles. The van der Waals surface area contributed by atoms with Gasteiger partial charge in [0.15, 0.2) is 0 Å². The zero-order valence-electron chi connectivity index (χ0n) is 15.4. The fraction of sp³-hybridized carbons (Fsp3) is 0.882. The van der Waals surface area contributed by atoms with Crippen molar-refractivity contribution in [2.24, 2.45) is 17.6 Å². The van der Waals surface area contributed by atoms with Crippen molar-refractivity contribution in [3.8, 4) is 0 Å². The summed E-state index contributed by atoms with van der Waals surface area (Å²) in [6, 6.07) is -0.736. The van der Waals surface area contributed by atoms with Gasteiger partial charge < -0.3 is 25.6 Å². The van der Waals surface area contributed by atoms with Gasteiger partial charge in [0.1, 0.15) is 5.60 Å². The summed E-state index contributed by atoms with van der Waals surface area (Å²) >= 11 is 0. The van der Waals surface area contributed by atoms with Gasteiger partial charge in [0.05, 0.1) is 19.1 Å². The molecular weight excluding hydrogens is 312 g/mol. The summed E-state index contributed by atoms with van der Waals surface area (Å²) in [6.45, 7) is 7.39. The molecule has 5 unspecified atom stereocenters. The number of hydrogen-bond acceptors (Lipinski definition) is 6. The Morgan fingerprint density at radius 3 is 2.50 bits per heavy atom. The summed E-state index contributed by atoms with van der Waals surface area (Å²) in [4.78, 5) is 24.0. The van der Waals surface area contributed by atoms with Crippen LogP contribution >= 0.6 is 0 Å². The lowest BCUT2D eigenvalue weighted by Crippen LogP contribution is -2.49. The first-order chi connectivity index (χ1) is 11.1. The second-order valence-electron chi connectivity index (χ2n) is 7.49. The maximum Gasteiger partial charge on any atom is 0.407 e. The maximum atomic E-state index is 12.1. The number of aliphatic hydroxyl groups excluding tert-OH is 1. The average molecular weight is 344 g/mol. The maximum absolute atomic E-state index is 12.1. The van der Waals surface area contributed by atoms with Crippen LogP contribution in [0.1, 0.15) is 53.4 Å². The molecular formula is C17H32N2O5. The van der Waals surface area contributed by atoms with Crippen molar-refractivity contribution < 1.29 is 24.2 Å². The summed E-state index contributed by atoms with van der Waals surface area (Å²) in [5, 5.41) is 13.3. The van der Waals surface area contributed by atoms with Crippen LogP contribution in [-0.4, -0.2) is 48.1 Å². The Labute approximate surface area is 144 Å². The predicted octanol–water partition coefficient (Wildman–Crippen LogP) is 1.57. The number of nitrogens with two attached hydrogens (primary N) is 1. The minimum absolute atomic E-state index is 0.289. The van der Waals surface area contributed by atoms with E-state index in [1.54, 1.807) is 20.8 Å². The van der Waals surface area contributed by atoms with E-state index in [2.05, 4.69) is 12.2 Å². The number of methoxy groups -OCH3 is 1. The van der Waals surface area contributed by atoms with Crippen molar-refractivity contribution >= 4 is 12.1 Å². The highest BCUT2D eigenvalue weighted by Crippen LogP contribution is 2.35. The quantitative estimate of drug-likeness (QED) is 0.631. The lowest BCUT2D eigenvalue weighted by Gasteiger charge is -2.29. The van der Waals surface area contributed by atoms with Crippen LogP contribution in [0.3, 0.4) is 0 Å². The number of esters is 1. The van der Waals surface area contributed by atoms with E-state index < -0.39 is 41.6 Å². The van der Waals surface area contributed by atoms with Crippen molar-refractivity contribution in [1.82, 2.24) is 5.32 Å². The molecule has 1 aliphatic rings. The summed E-state index contributed by atoms with van der Waals surface area (Å²) < 4.78 is 10.0. The van der Waals surface area contributed by atoms with Crippen molar-refractivity contribution in [2.75, 3.05) is 7.11 Å². The molecule has 1 rings (SSSR count). The van der Waals surface area contributed by atoms with E-state index in [1.807, 2.05) is 0 Å². The summed E-state index contributed by atoms with van der Waals surface area (Å²) in [5.74, 6) is -1.58. The first kappa shape index (κ1) is 20.7. The number of amides is 1. The molecule has 0 bridgehead atoms. The third-order valence-corrected chi connectivity index (χ3v) is 4.37. The number of alkyl carbamates (subject to hydrolysis) is 1. The summed E-state index contributed by atoms with van der Waals surface area (Å²) in [7, 11) is 1.29. The molecule has 4 N–H and O–H groups in total. The normalized spacial score (nSPS) is 28.3. The SMILES string of the molecule is CCCCC(N)C1C(NC(=O)OC(C)(C)C)CC(C(=O)OC)C1O. The highest BCUT2D eigenvalue weighted by Gasteiger charge is 2.49. The lowest BCUT2D eigenvalue weighted by molar-refractivity contribution is -0.148. The molecule has 1 aliphatic carbocycles. The number of ether oxygens (including phenoxy) is 2. The fourth-order valence-electron chi connectivity index (χ4n) is 3.26. The smallest absolute Gasteiger partial charge is 0.407 e. The Hall–Kier alpha value is -1.34. The monoisotopic (exact) mass is 344 g/mol. The van der Waals surface area contributed by atoms with Gasteiger partial charge in [-0.15, -0.1) is 0 Å². The minimum atomic E-state index is -0.941. The summed E-state index contributed by atoms with van der Waals surface area (Å²) in [6.07, 6.45) is 1.41. The second-order valence-corrected chi connectivity index (χ2v) is 7.49. The predicted molar refractivity (Wildman–Crippen MR) is 90.3 cm³/mol. The first-order valence-electron chi connectivity index (χ1n) is 8.61. The number of hydrogen-bond donors (Lipinski definition) is 3. The molecule has 0 aromatic rings. The average Bonchev–Trinajstić information content (AvgIpc) is 2.78. The van der Waals surface area contributed by atoms with E-state index in [9.17, 15) is 14.7 Å². The zero-order valence-corrected chi connectivity index (χ0v) is 15.4. The Balaban J connectivity index is 2.87. The number of nitrogens with one attached hydrogen (secondary N) is 1. The van der Waals surface area contributed by atoms with Crippen LogP contribution in [0, 0.1) is 11.8 Å². The van der Waals surface area contributed by atoms with Crippen molar-refractivity contribution in [3.63, 3.8) is 0 Å². The van der Waals surface area contributed by atoms with Gasteiger partial charge in [0, 0.05) is 18.0 Å². The molecule has 7 heteroatoms. The highest BCUT2D eigenvalue weighted by molar-refractivity contribution is 5.74. The molecule has 140 valence electrons. The molecule has 0 saturated heterocycles. The third kappa shape index (κ3) is 5.63. The van der Waals surface area contributed by atoms with Crippen LogP contribution in [0.25, 0.3) is 0 Å². The van der Waals surface area contributed by atoms with E-state index in [1.165, 1.54) is 7.11 Å². The Morgan fingerprint density at radius 1 is 1.38 bits per heavy atom.